The first kappa shape index (κ1) is 26.7. The van der Waals surface area contributed by atoms with Crippen molar-refractivity contribution in [2.24, 2.45) is 5.92 Å². The van der Waals surface area contributed by atoms with Crippen LogP contribution in [0.4, 0.5) is 5.69 Å². The van der Waals surface area contributed by atoms with Gasteiger partial charge in [0.2, 0.25) is 18.6 Å². The summed E-state index contributed by atoms with van der Waals surface area (Å²) in [4.78, 5) is 38.6. The second-order valence-electron chi connectivity index (χ2n) is 9.78. The Morgan fingerprint density at radius 3 is 2.54 bits per heavy atom. The van der Waals surface area contributed by atoms with Gasteiger partial charge in [0.15, 0.2) is 16.7 Å². The maximum atomic E-state index is 14.0. The zero-order valence-corrected chi connectivity index (χ0v) is 22.9. The highest BCUT2D eigenvalue weighted by Gasteiger charge is 2.36. The standard InChI is InChI=1S/C30H32N4O4S/c1-20-15-21(2)32-30(31-20)39-18-27(35)34(17-22-9-5-3-6-10-22)28(23-11-7-4-8-12-23)29(36)33-24-13-14-25-26(16-24)38-19-37-25/h3-7,9-10,13-16,23,28H,8,11-12,17-19H2,1-2H3,(H,33,36)/t23-,28-/m1/s1. The fraction of sp³-hybridized carbons (Fsp3) is 0.333. The molecule has 2 heterocycles. The van der Waals surface area contributed by atoms with Gasteiger partial charge in [0.1, 0.15) is 6.04 Å². The molecule has 3 aromatic rings. The largest absolute Gasteiger partial charge is 0.454 e. The van der Waals surface area contributed by atoms with E-state index in [-0.39, 0.29) is 30.3 Å². The first-order chi connectivity index (χ1) is 19.0. The summed E-state index contributed by atoms with van der Waals surface area (Å²) in [7, 11) is 0. The molecule has 0 bridgehead atoms. The van der Waals surface area contributed by atoms with Gasteiger partial charge in [-0.15, -0.1) is 0 Å². The highest BCUT2D eigenvalue weighted by Crippen LogP contribution is 2.35. The topological polar surface area (TPSA) is 93.7 Å². The number of anilines is 1. The molecule has 0 unspecified atom stereocenters. The number of hydrogen-bond donors (Lipinski definition) is 1. The first-order valence-corrected chi connectivity index (χ1v) is 14.1. The van der Waals surface area contributed by atoms with Crippen LogP contribution in [0.2, 0.25) is 0 Å². The number of ether oxygens (including phenoxy) is 2. The van der Waals surface area contributed by atoms with Crippen LogP contribution in [0.1, 0.15) is 36.2 Å². The summed E-state index contributed by atoms with van der Waals surface area (Å²) < 4.78 is 10.9. The van der Waals surface area contributed by atoms with E-state index < -0.39 is 6.04 Å². The molecule has 2 amide bonds. The van der Waals surface area contributed by atoms with Gasteiger partial charge >= 0.3 is 0 Å². The van der Waals surface area contributed by atoms with Crippen molar-refractivity contribution in [1.29, 1.82) is 0 Å². The molecule has 0 fully saturated rings. The lowest BCUT2D eigenvalue weighted by Crippen LogP contribution is -2.51. The molecule has 0 saturated carbocycles. The normalized spacial score (nSPS) is 16.5. The molecule has 0 radical (unpaired) electrons. The Balaban J connectivity index is 1.43. The van der Waals surface area contributed by atoms with Crippen LogP contribution in [0.25, 0.3) is 0 Å². The zero-order chi connectivity index (χ0) is 27.2. The predicted octanol–water partition coefficient (Wildman–Crippen LogP) is 5.31. The summed E-state index contributed by atoms with van der Waals surface area (Å²) >= 11 is 1.30. The van der Waals surface area contributed by atoms with E-state index in [0.29, 0.717) is 28.9 Å². The van der Waals surface area contributed by atoms with Crippen molar-refractivity contribution >= 4 is 29.3 Å². The maximum Gasteiger partial charge on any atom is 0.247 e. The molecule has 9 heteroatoms. The van der Waals surface area contributed by atoms with Crippen LogP contribution in [0.5, 0.6) is 11.5 Å². The number of nitrogens with one attached hydrogen (secondary N) is 1. The van der Waals surface area contributed by atoms with Crippen molar-refractivity contribution in [3.8, 4) is 11.5 Å². The smallest absolute Gasteiger partial charge is 0.247 e. The summed E-state index contributed by atoms with van der Waals surface area (Å²) in [6.45, 7) is 4.31. The molecule has 1 aromatic heterocycles. The number of thioether (sulfide) groups is 1. The quantitative estimate of drug-likeness (QED) is 0.222. The molecule has 1 N–H and O–H groups in total. The highest BCUT2D eigenvalue weighted by atomic mass is 32.2. The summed E-state index contributed by atoms with van der Waals surface area (Å²) in [6.07, 6.45) is 6.67. The molecule has 8 nitrogen and oxygen atoms in total. The number of allylic oxidation sites excluding steroid dienone is 2. The number of amides is 2. The number of aryl methyl sites for hydroxylation is 2. The Hall–Kier alpha value is -3.85. The third kappa shape index (κ3) is 6.78. The van der Waals surface area contributed by atoms with Crippen LogP contribution < -0.4 is 14.8 Å². The van der Waals surface area contributed by atoms with E-state index in [1.54, 1.807) is 23.1 Å². The lowest BCUT2D eigenvalue weighted by Gasteiger charge is -2.37. The van der Waals surface area contributed by atoms with Crippen molar-refractivity contribution in [2.45, 2.75) is 50.9 Å². The molecular weight excluding hydrogens is 512 g/mol. The molecule has 0 saturated heterocycles. The lowest BCUT2D eigenvalue weighted by molar-refractivity contribution is -0.139. The Kier molecular flexibility index (Phi) is 8.46. The number of aromatic nitrogens is 2. The van der Waals surface area contributed by atoms with Crippen molar-refractivity contribution in [2.75, 3.05) is 17.9 Å². The minimum atomic E-state index is -0.658. The molecule has 39 heavy (non-hydrogen) atoms. The third-order valence-electron chi connectivity index (χ3n) is 6.80. The number of nitrogens with zero attached hydrogens (tertiary/aromatic N) is 3. The monoisotopic (exact) mass is 544 g/mol. The van der Waals surface area contributed by atoms with E-state index >= 15 is 0 Å². The molecule has 2 aromatic carbocycles. The Labute approximate surface area is 232 Å². The van der Waals surface area contributed by atoms with Gasteiger partial charge < -0.3 is 19.7 Å². The number of rotatable bonds is 9. The fourth-order valence-electron chi connectivity index (χ4n) is 4.99. The third-order valence-corrected chi connectivity index (χ3v) is 7.64. The van der Waals surface area contributed by atoms with Crippen molar-refractivity contribution < 1.29 is 19.1 Å². The summed E-state index contributed by atoms with van der Waals surface area (Å²) in [6, 6.07) is 16.4. The SMILES string of the molecule is Cc1cc(C)nc(SCC(=O)N(Cc2ccccc2)[C@@H](C(=O)Nc2ccc3c(c2)OCO3)[C@@H]2CC=CCC2)n1. The number of benzene rings is 2. The van der Waals surface area contributed by atoms with Crippen LogP contribution in [0, 0.1) is 19.8 Å². The van der Waals surface area contributed by atoms with Gasteiger partial charge in [0, 0.05) is 29.7 Å². The molecule has 2 aliphatic rings. The number of carbonyl (C=O) groups excluding carboxylic acids is 2. The molecule has 0 spiro atoms. The number of fused-ring (bicyclic) bond motifs is 1. The molecule has 5 rings (SSSR count). The predicted molar refractivity (Wildman–Crippen MR) is 151 cm³/mol. The second-order valence-corrected chi connectivity index (χ2v) is 10.7. The van der Waals surface area contributed by atoms with E-state index in [1.165, 1.54) is 11.8 Å². The second kappa shape index (κ2) is 12.3. The molecule has 202 valence electrons. The summed E-state index contributed by atoms with van der Waals surface area (Å²) in [5.74, 6) is 1.00. The van der Waals surface area contributed by atoms with Gasteiger partial charge in [-0.1, -0.05) is 54.2 Å². The molecule has 2 atom stereocenters. The van der Waals surface area contributed by atoms with Gasteiger partial charge in [0.05, 0.1) is 5.75 Å². The Morgan fingerprint density at radius 2 is 1.79 bits per heavy atom. The number of hydrogen-bond acceptors (Lipinski definition) is 7. The highest BCUT2D eigenvalue weighted by molar-refractivity contribution is 7.99. The van der Waals surface area contributed by atoms with E-state index in [4.69, 9.17) is 9.47 Å². The average molecular weight is 545 g/mol. The Bertz CT molecular complexity index is 1340. The van der Waals surface area contributed by atoms with Gasteiger partial charge in [-0.05, 0) is 62.8 Å². The van der Waals surface area contributed by atoms with E-state index in [9.17, 15) is 9.59 Å². The van der Waals surface area contributed by atoms with Crippen LogP contribution in [0.3, 0.4) is 0 Å². The van der Waals surface area contributed by atoms with E-state index in [2.05, 4.69) is 27.4 Å². The molecule has 1 aliphatic carbocycles. The lowest BCUT2D eigenvalue weighted by atomic mass is 9.86. The fourth-order valence-corrected chi connectivity index (χ4v) is 5.83. The average Bonchev–Trinajstić information content (AvgIpc) is 3.40. The van der Waals surface area contributed by atoms with E-state index in [0.717, 1.165) is 36.2 Å². The molecular formula is C30H32N4O4S. The first-order valence-electron chi connectivity index (χ1n) is 13.1. The van der Waals surface area contributed by atoms with Gasteiger partial charge in [-0.2, -0.15) is 0 Å². The van der Waals surface area contributed by atoms with Crippen LogP contribution >= 0.6 is 11.8 Å². The van der Waals surface area contributed by atoms with Crippen molar-refractivity contribution in [3.63, 3.8) is 0 Å². The minimum Gasteiger partial charge on any atom is -0.454 e. The van der Waals surface area contributed by atoms with Gasteiger partial charge in [-0.3, -0.25) is 9.59 Å². The number of carbonyl (C=O) groups is 2. The summed E-state index contributed by atoms with van der Waals surface area (Å²) in [5.41, 5.74) is 3.28. The van der Waals surface area contributed by atoms with Gasteiger partial charge in [-0.25, -0.2) is 9.97 Å². The van der Waals surface area contributed by atoms with E-state index in [1.807, 2.05) is 50.2 Å². The Morgan fingerprint density at radius 1 is 1.03 bits per heavy atom. The zero-order valence-electron chi connectivity index (χ0n) is 22.1. The minimum absolute atomic E-state index is 0.0147. The molecule has 1 aliphatic heterocycles. The van der Waals surface area contributed by atoms with Crippen molar-refractivity contribution in [3.05, 3.63) is 83.7 Å². The van der Waals surface area contributed by atoms with Crippen LogP contribution in [-0.2, 0) is 16.1 Å². The van der Waals surface area contributed by atoms with Crippen LogP contribution in [-0.4, -0.2) is 45.3 Å². The maximum absolute atomic E-state index is 14.0. The summed E-state index contributed by atoms with van der Waals surface area (Å²) in [5, 5.41) is 3.61. The van der Waals surface area contributed by atoms with Crippen molar-refractivity contribution in [1.82, 2.24) is 14.9 Å². The van der Waals surface area contributed by atoms with Crippen LogP contribution in [0.15, 0.2) is 71.9 Å². The van der Waals surface area contributed by atoms with Gasteiger partial charge in [0.25, 0.3) is 0 Å².